The molecule has 326 valence electrons. The predicted octanol–water partition coefficient (Wildman–Crippen LogP) is 9.35. The fourth-order valence-corrected chi connectivity index (χ4v) is 6.87. The maximum Gasteiger partial charge on any atom is 0.200 e. The van der Waals surface area contributed by atoms with Crippen LogP contribution < -0.4 is 26.4 Å². The van der Waals surface area contributed by atoms with E-state index < -0.39 is 144 Å². The number of aromatic nitrogens is 2. The van der Waals surface area contributed by atoms with E-state index in [1.54, 1.807) is 6.20 Å². The highest BCUT2D eigenvalue weighted by molar-refractivity contribution is 9.28. The maximum atomic E-state index is 15.4. The molecule has 0 aliphatic carbocycles. The number of hydrogen-bond donors (Lipinski definition) is 0. The molecule has 62 heavy (non-hydrogen) atoms. The predicted molar refractivity (Wildman–Crippen MR) is 185 cm³/mol. The first kappa shape index (κ1) is 47.6. The molecule has 25 heteroatoms. The van der Waals surface area contributed by atoms with Crippen LogP contribution in [0.5, 0.6) is 0 Å². The zero-order chi connectivity index (χ0) is 46.4. The summed E-state index contributed by atoms with van der Waals surface area (Å²) >= 11 is 6.66. The highest BCUT2D eigenvalue weighted by Crippen LogP contribution is 2.31. The van der Waals surface area contributed by atoms with Crippen molar-refractivity contribution in [3.8, 4) is 0 Å². The van der Waals surface area contributed by atoms with Gasteiger partial charge in [-0.1, -0.05) is 30.3 Å². The monoisotopic (exact) mass is 1030 g/mol. The van der Waals surface area contributed by atoms with E-state index in [2.05, 4.69) is 53.5 Å². The number of benzene rings is 5. The van der Waals surface area contributed by atoms with Gasteiger partial charge in [0.15, 0.2) is 88.7 Å². The van der Waals surface area contributed by atoms with Crippen molar-refractivity contribution in [1.82, 2.24) is 4.98 Å². The van der Waals surface area contributed by atoms with E-state index in [9.17, 15) is 52.7 Å². The quantitative estimate of drug-likeness (QED) is 0.0513. The van der Waals surface area contributed by atoms with Gasteiger partial charge >= 0.3 is 0 Å². The van der Waals surface area contributed by atoms with Gasteiger partial charge in [0.05, 0.1) is 9.59 Å². The molecule has 2 nitrogen and oxygen atoms in total. The number of rotatable bonds is 7. The van der Waals surface area contributed by atoms with Gasteiger partial charge in [-0.25, -0.2) is 92.8 Å². The van der Waals surface area contributed by atoms with Crippen LogP contribution in [0.4, 0.5) is 87.8 Å². The minimum atomic E-state index is -7.22. The van der Waals surface area contributed by atoms with Gasteiger partial charge in [-0.05, 0) is 37.9 Å². The minimum Gasteiger partial charge on any atom is -0.244 e. The van der Waals surface area contributed by atoms with Crippen LogP contribution >= 0.6 is 31.9 Å². The van der Waals surface area contributed by atoms with Crippen molar-refractivity contribution in [3.05, 3.63) is 180 Å². The molecule has 0 N–H and O–H groups in total. The Morgan fingerprint density at radius 2 is 0.710 bits per heavy atom. The van der Waals surface area contributed by atoms with Crippen LogP contribution in [0, 0.1) is 116 Å². The Hall–Kier alpha value is -5.46. The molecule has 0 aliphatic heterocycles. The van der Waals surface area contributed by atoms with E-state index in [1.807, 2.05) is 36.7 Å². The molecule has 6 rings (SSSR count). The van der Waals surface area contributed by atoms with E-state index in [1.165, 1.54) is 5.56 Å². The molecule has 0 aliphatic rings. The number of hydrogen-bond acceptors (Lipinski definition) is 1. The molecule has 0 bridgehead atoms. The summed E-state index contributed by atoms with van der Waals surface area (Å²) in [7, 11) is 0. The lowest BCUT2D eigenvalue weighted by Gasteiger charge is -2.44. The molecule has 1 heterocycles. The Morgan fingerprint density at radius 3 is 0.984 bits per heavy atom. The molecule has 1 aromatic heterocycles. The number of halogens is 22. The standard InChI is InChI=1S/C24BF20.C13H11Br2N2/c26-5-1(6(27)14(35)21(42)13(5)34)25(2-7(28)15(36)22(43)16(37)8(2)29,3-9(30)17(38)23(44)18(39)10(3)31)4-11(32)19(40)24(45)20(41)12(4)33;14-13(15)8-12-10-17(7-6-16-12)9-11-4-2-1-3-5-11/h;1-8,10H,9H2/q-1;+1. The Balaban J connectivity index is 0.000000355. The summed E-state index contributed by atoms with van der Waals surface area (Å²) in [6.07, 6.45) is 0.479. The second-order valence-electron chi connectivity index (χ2n) is 12.4. The smallest absolute Gasteiger partial charge is 0.200 e. The molecule has 0 saturated carbocycles. The molecule has 0 fully saturated rings. The van der Waals surface area contributed by atoms with Gasteiger partial charge in [0, 0.05) is 5.56 Å². The maximum absolute atomic E-state index is 15.4. The second kappa shape index (κ2) is 18.1. The lowest BCUT2D eigenvalue weighted by molar-refractivity contribution is -0.689. The van der Waals surface area contributed by atoms with Gasteiger partial charge in [-0.2, -0.15) is 4.57 Å². The highest BCUT2D eigenvalue weighted by Gasteiger charge is 2.52. The third-order valence-electron chi connectivity index (χ3n) is 8.95. The van der Waals surface area contributed by atoms with Crippen LogP contribution in [0.1, 0.15) is 11.3 Å². The van der Waals surface area contributed by atoms with Crippen molar-refractivity contribution >= 4 is 65.9 Å². The topological polar surface area (TPSA) is 16.8 Å². The summed E-state index contributed by atoms with van der Waals surface area (Å²) in [6.45, 7) is 0.851. The average molecular weight is 1030 g/mol. The summed E-state index contributed by atoms with van der Waals surface area (Å²) in [5, 5.41) is 0. The van der Waals surface area contributed by atoms with Crippen molar-refractivity contribution in [2.24, 2.45) is 0 Å². The van der Waals surface area contributed by atoms with Crippen LogP contribution in [-0.4, -0.2) is 11.1 Å². The van der Waals surface area contributed by atoms with Gasteiger partial charge in [0.25, 0.3) is 0 Å². The van der Waals surface area contributed by atoms with Gasteiger partial charge in [-0.3, -0.25) is 0 Å². The van der Waals surface area contributed by atoms with Gasteiger partial charge < -0.3 is 0 Å². The van der Waals surface area contributed by atoms with Crippen molar-refractivity contribution in [1.29, 1.82) is 0 Å². The summed E-state index contributed by atoms with van der Waals surface area (Å²) in [6, 6.07) is 10.4. The molecular formula is C37H11BBr2F20N2. The molecule has 5 aromatic carbocycles. The van der Waals surface area contributed by atoms with E-state index >= 15 is 35.1 Å². The van der Waals surface area contributed by atoms with E-state index in [-0.39, 0.29) is 0 Å². The van der Waals surface area contributed by atoms with E-state index in [4.69, 9.17) is 0 Å². The van der Waals surface area contributed by atoms with Crippen molar-refractivity contribution in [3.63, 3.8) is 0 Å². The largest absolute Gasteiger partial charge is 0.244 e. The van der Waals surface area contributed by atoms with E-state index in [0.717, 1.165) is 15.6 Å². The summed E-state index contributed by atoms with van der Waals surface area (Å²) in [4.78, 5) is 4.26. The van der Waals surface area contributed by atoms with Crippen molar-refractivity contribution in [2.75, 3.05) is 0 Å². The Morgan fingerprint density at radius 1 is 0.435 bits per heavy atom. The van der Waals surface area contributed by atoms with Gasteiger partial charge in [0.1, 0.15) is 58.4 Å². The van der Waals surface area contributed by atoms with Crippen LogP contribution in [0.15, 0.2) is 52.3 Å². The first-order valence-electron chi connectivity index (χ1n) is 16.1. The molecule has 0 saturated heterocycles. The van der Waals surface area contributed by atoms with Crippen molar-refractivity contribution in [2.45, 2.75) is 6.54 Å². The summed E-state index contributed by atoms with van der Waals surface area (Å²) < 4.78 is 297. The molecule has 0 spiro atoms. The zero-order valence-corrected chi connectivity index (χ0v) is 32.4. The minimum absolute atomic E-state index is 0.851. The molecule has 0 unspecified atom stereocenters. The SMILES string of the molecule is BrC(Br)=Cc1c[n+](Cc2ccccc2)ccn1.Fc1c(F)c(F)c([B-](c2c(F)c(F)c(F)c(F)c2F)(c2c(F)c(F)c(F)c(F)c2F)c2c(F)c(F)c(F)c(F)c2F)c(F)c1F. The third kappa shape index (κ3) is 7.92. The van der Waals surface area contributed by atoms with E-state index in [0.29, 0.717) is 0 Å². The lowest BCUT2D eigenvalue weighted by atomic mass is 9.12. The zero-order valence-electron chi connectivity index (χ0n) is 29.2. The molecule has 0 radical (unpaired) electrons. The third-order valence-corrected chi connectivity index (χ3v) is 9.41. The van der Waals surface area contributed by atoms with Crippen molar-refractivity contribution < 1.29 is 92.4 Å². The number of nitrogens with zero attached hydrogens (tertiary/aromatic N) is 2. The molecular weight excluding hydrogens is 1020 g/mol. The molecule has 0 amide bonds. The van der Waals surface area contributed by atoms with Crippen LogP contribution in [0.25, 0.3) is 6.08 Å². The molecule has 6 aromatic rings. The summed E-state index contributed by atoms with van der Waals surface area (Å²) in [5.74, 6) is -71.4. The Bertz CT molecular complexity index is 2420. The van der Waals surface area contributed by atoms with Crippen LogP contribution in [-0.2, 0) is 6.54 Å². The first-order valence-corrected chi connectivity index (χ1v) is 17.7. The first-order chi connectivity index (χ1) is 28.9. The second-order valence-corrected chi connectivity index (χ2v) is 15.1. The normalized spacial score (nSPS) is 11.5. The van der Waals surface area contributed by atoms with Crippen LogP contribution in [0.2, 0.25) is 0 Å². The fourth-order valence-electron chi connectivity index (χ4n) is 6.40. The summed E-state index contributed by atoms with van der Waals surface area (Å²) in [5.41, 5.74) is -12.1. The van der Waals surface area contributed by atoms with Gasteiger partial charge in [-0.15, -0.1) is 21.9 Å². The Labute approximate surface area is 348 Å². The van der Waals surface area contributed by atoms with Crippen LogP contribution in [0.3, 0.4) is 0 Å². The molecule has 0 atom stereocenters. The van der Waals surface area contributed by atoms with Gasteiger partial charge in [0.2, 0.25) is 0 Å². The fraction of sp³-hybridized carbons (Fsp3) is 0.0270. The average Bonchev–Trinajstić information content (AvgIpc) is 3.24. The lowest BCUT2D eigenvalue weighted by Crippen LogP contribution is -2.81. The highest BCUT2D eigenvalue weighted by atomic mass is 79.9. The Kier molecular flexibility index (Phi) is 13.9.